The van der Waals surface area contributed by atoms with Crippen molar-refractivity contribution >= 4 is 39.6 Å². The Labute approximate surface area is 295 Å². The van der Waals surface area contributed by atoms with Crippen LogP contribution in [0.15, 0.2) is 120 Å². The van der Waals surface area contributed by atoms with Crippen LogP contribution < -0.4 is 4.40 Å². The summed E-state index contributed by atoms with van der Waals surface area (Å²) in [6.07, 6.45) is 5.11. The monoisotopic (exact) mass is 855 g/mol. The van der Waals surface area contributed by atoms with E-state index in [2.05, 4.69) is 122 Å². The number of fused-ring (bicyclic) bond motifs is 3. The second-order valence-electron chi connectivity index (χ2n) is 13.4. The summed E-state index contributed by atoms with van der Waals surface area (Å²) in [7, 11) is 0. The summed E-state index contributed by atoms with van der Waals surface area (Å²) in [4.78, 5) is 9.18. The first kappa shape index (κ1) is 34.5. The maximum absolute atomic E-state index is 6.01. The number of pyridine rings is 2. The third-order valence-corrected chi connectivity index (χ3v) is 12.4. The number of benzene rings is 4. The normalized spacial score (nSPS) is 11.3. The van der Waals surface area contributed by atoms with Crippen LogP contribution in [-0.4, -0.2) is 23.2 Å². The van der Waals surface area contributed by atoms with Gasteiger partial charge in [0.1, 0.15) is 5.58 Å². The second-order valence-corrected chi connectivity index (χ2v) is 23.9. The average molecular weight is 854 g/mol. The Morgan fingerprint density at radius 1 is 0.723 bits per heavy atom. The van der Waals surface area contributed by atoms with E-state index >= 15 is 0 Å². The van der Waals surface area contributed by atoms with Crippen LogP contribution in [0.4, 0.5) is 0 Å². The Bertz CT molecular complexity index is 2100. The SMILES string of the molecule is CC(C)Cc1cc(-c2[c-]cccc2)nc[c]1[Ge]([CH3])([CH3])[CH3].Cc1ccnc(-c2[c-]cc3oc4ccc(-c5ccccc5)cc4c3c2)c1.[Ir]. The Kier molecular flexibility index (Phi) is 11.0. The topological polar surface area (TPSA) is 38.9 Å². The van der Waals surface area contributed by atoms with Crippen LogP contribution in [0.2, 0.25) is 17.3 Å². The van der Waals surface area contributed by atoms with E-state index in [1.807, 2.05) is 48.7 Å². The molecule has 0 unspecified atom stereocenters. The fraction of sp³-hybridized carbons (Fsp3) is 0.190. The molecule has 7 aromatic rings. The number of aromatic nitrogens is 2. The first-order valence-corrected chi connectivity index (χ1v) is 23.3. The molecular weight excluding hydrogens is 813 g/mol. The molecule has 1 radical (unpaired) electrons. The van der Waals surface area contributed by atoms with E-state index in [0.717, 1.165) is 50.9 Å². The molecule has 0 atom stereocenters. The van der Waals surface area contributed by atoms with Gasteiger partial charge in [0.25, 0.3) is 0 Å². The van der Waals surface area contributed by atoms with E-state index in [4.69, 9.17) is 9.40 Å². The number of hydrogen-bond acceptors (Lipinski definition) is 3. The molecule has 0 saturated carbocycles. The third-order valence-electron chi connectivity index (χ3n) is 8.11. The van der Waals surface area contributed by atoms with Crippen molar-refractivity contribution in [2.24, 2.45) is 5.92 Å². The van der Waals surface area contributed by atoms with Crippen LogP contribution in [0, 0.1) is 25.0 Å². The number of rotatable bonds is 6. The molecule has 239 valence electrons. The van der Waals surface area contributed by atoms with E-state index in [-0.39, 0.29) is 20.1 Å². The van der Waals surface area contributed by atoms with Crippen LogP contribution in [0.1, 0.15) is 25.0 Å². The van der Waals surface area contributed by atoms with E-state index in [0.29, 0.717) is 5.92 Å². The van der Waals surface area contributed by atoms with Gasteiger partial charge < -0.3 is 9.40 Å². The molecule has 0 spiro atoms. The molecule has 3 heterocycles. The molecule has 47 heavy (non-hydrogen) atoms. The molecule has 3 nitrogen and oxygen atoms in total. The maximum Gasteiger partial charge on any atom is 0.121 e. The number of nitrogens with zero attached hydrogens (tertiary/aromatic N) is 2. The van der Waals surface area contributed by atoms with E-state index in [1.165, 1.54) is 22.3 Å². The van der Waals surface area contributed by atoms with Gasteiger partial charge in [-0.3, -0.25) is 0 Å². The minimum Gasteiger partial charge on any atom is -0.500 e. The fourth-order valence-corrected chi connectivity index (χ4v) is 9.18. The van der Waals surface area contributed by atoms with Gasteiger partial charge in [0.15, 0.2) is 0 Å². The third kappa shape index (κ3) is 8.19. The minimum atomic E-state index is -1.86. The van der Waals surface area contributed by atoms with E-state index in [1.54, 1.807) is 4.40 Å². The summed E-state index contributed by atoms with van der Waals surface area (Å²) < 4.78 is 7.55. The molecule has 0 aliphatic carbocycles. The molecule has 7 rings (SSSR count). The molecule has 5 heteroatoms. The molecule has 0 fully saturated rings. The van der Waals surface area contributed by atoms with Crippen LogP contribution >= 0.6 is 0 Å². The van der Waals surface area contributed by atoms with Gasteiger partial charge in [-0.2, -0.15) is 0 Å². The molecule has 0 amide bonds. The zero-order valence-corrected chi connectivity index (χ0v) is 32.4. The Morgan fingerprint density at radius 3 is 2.17 bits per heavy atom. The minimum absolute atomic E-state index is 0. The summed E-state index contributed by atoms with van der Waals surface area (Å²) in [6.45, 7) is 6.64. The summed E-state index contributed by atoms with van der Waals surface area (Å²) >= 11 is -1.86. The van der Waals surface area contributed by atoms with Crippen molar-refractivity contribution in [1.29, 1.82) is 0 Å². The zero-order valence-electron chi connectivity index (χ0n) is 27.9. The van der Waals surface area contributed by atoms with Crippen LogP contribution in [0.5, 0.6) is 0 Å². The summed E-state index contributed by atoms with van der Waals surface area (Å²) in [5.41, 5.74) is 10.9. The predicted octanol–water partition coefficient (Wildman–Crippen LogP) is 10.7. The molecule has 0 N–H and O–H groups in total. The van der Waals surface area contributed by atoms with Gasteiger partial charge in [-0.05, 0) is 41.9 Å². The molecule has 0 saturated heterocycles. The second kappa shape index (κ2) is 14.9. The van der Waals surface area contributed by atoms with Gasteiger partial charge in [0.05, 0.1) is 5.58 Å². The summed E-state index contributed by atoms with van der Waals surface area (Å²) in [5.74, 6) is 7.99. The van der Waals surface area contributed by atoms with Gasteiger partial charge in [-0.25, -0.2) is 0 Å². The number of aryl methyl sites for hydroxylation is 1. The van der Waals surface area contributed by atoms with Crippen molar-refractivity contribution in [2.75, 3.05) is 0 Å². The predicted molar refractivity (Wildman–Crippen MR) is 196 cm³/mol. The van der Waals surface area contributed by atoms with Gasteiger partial charge >= 0.3 is 126 Å². The van der Waals surface area contributed by atoms with Crippen molar-refractivity contribution in [3.63, 3.8) is 0 Å². The largest absolute Gasteiger partial charge is 0.500 e. The summed E-state index contributed by atoms with van der Waals surface area (Å²) in [5, 5.41) is 2.21. The number of hydrogen-bond donors (Lipinski definition) is 0. The molecule has 0 bridgehead atoms. The van der Waals surface area contributed by atoms with Crippen LogP contribution in [-0.2, 0) is 26.5 Å². The van der Waals surface area contributed by atoms with Crippen molar-refractivity contribution < 1.29 is 24.5 Å². The smallest absolute Gasteiger partial charge is 0.121 e. The van der Waals surface area contributed by atoms with Crippen molar-refractivity contribution in [2.45, 2.75) is 44.5 Å². The Morgan fingerprint density at radius 2 is 1.47 bits per heavy atom. The quantitative estimate of drug-likeness (QED) is 0.124. The standard InChI is InChI=1S/C24H16NO.C18H24GeN.Ir/c1-16-11-12-25-22(13-16)19-8-10-24-21(15-19)20-14-18(7-9-23(20)26-24)17-5-3-2-4-6-17;1-14(2)11-16-12-18(15-9-7-6-8-10-15)20-13-17(16)19(3,4)5;/h2-7,9-15H,1H3;6-9,12-14H,11H2,1-5H3;/q2*-1;. The molecule has 0 aliphatic heterocycles. The molecular formula is C42H40GeIrN2O-2. The molecule has 0 aliphatic rings. The van der Waals surface area contributed by atoms with Gasteiger partial charge in [0.2, 0.25) is 0 Å². The van der Waals surface area contributed by atoms with Crippen LogP contribution in [0.25, 0.3) is 55.6 Å². The first-order valence-electron chi connectivity index (χ1n) is 16.0. The average Bonchev–Trinajstić information content (AvgIpc) is 3.42. The zero-order chi connectivity index (χ0) is 32.3. The van der Waals surface area contributed by atoms with Crippen LogP contribution in [0.3, 0.4) is 0 Å². The molecule has 3 aromatic heterocycles. The van der Waals surface area contributed by atoms with Crippen molar-refractivity contribution in [3.8, 4) is 33.6 Å². The van der Waals surface area contributed by atoms with E-state index < -0.39 is 13.3 Å². The maximum atomic E-state index is 6.01. The Hall–Kier alpha value is -3.83. The van der Waals surface area contributed by atoms with Gasteiger partial charge in [-0.15, -0.1) is 23.8 Å². The van der Waals surface area contributed by atoms with Gasteiger partial charge in [0, 0.05) is 31.7 Å². The fourth-order valence-electron chi connectivity index (χ4n) is 5.84. The van der Waals surface area contributed by atoms with Gasteiger partial charge in [-0.1, -0.05) is 53.4 Å². The summed E-state index contributed by atoms with van der Waals surface area (Å²) in [6, 6.07) is 41.8. The van der Waals surface area contributed by atoms with Crippen molar-refractivity contribution in [1.82, 2.24) is 9.97 Å². The Balaban J connectivity index is 0.000000188. The van der Waals surface area contributed by atoms with E-state index in [9.17, 15) is 0 Å². The first-order chi connectivity index (χ1) is 22.2. The molecule has 4 aromatic carbocycles. The van der Waals surface area contributed by atoms with Crippen molar-refractivity contribution in [3.05, 3.63) is 139 Å². The number of furan rings is 1.